The fraction of sp³-hybridized carbons (Fsp3) is 0.0870. The number of carbonyl (C=O) groups is 3. The number of aromatic nitrogens is 2. The predicted molar refractivity (Wildman–Crippen MR) is 125 cm³/mol. The highest BCUT2D eigenvalue weighted by Crippen LogP contribution is 2.44. The number of rotatable bonds is 5. The van der Waals surface area contributed by atoms with Gasteiger partial charge in [0.05, 0.1) is 23.4 Å². The number of thiophene rings is 1. The Kier molecular flexibility index (Phi) is 5.19. The lowest BCUT2D eigenvalue weighted by molar-refractivity contribution is 0.0533. The van der Waals surface area contributed by atoms with Crippen molar-refractivity contribution in [1.82, 2.24) is 9.97 Å². The Morgan fingerprint density at radius 1 is 1.09 bits per heavy atom. The summed E-state index contributed by atoms with van der Waals surface area (Å²) < 4.78 is 5.11. The van der Waals surface area contributed by atoms with Crippen molar-refractivity contribution in [2.45, 2.75) is 6.92 Å². The van der Waals surface area contributed by atoms with Crippen molar-refractivity contribution >= 4 is 62.3 Å². The quantitative estimate of drug-likeness (QED) is 0.414. The highest BCUT2D eigenvalue weighted by atomic mass is 32.1. The summed E-state index contributed by atoms with van der Waals surface area (Å²) in [5, 5.41) is 6.18. The van der Waals surface area contributed by atoms with Crippen molar-refractivity contribution in [1.29, 1.82) is 0 Å². The fourth-order valence-electron chi connectivity index (χ4n) is 3.53. The normalized spacial score (nSPS) is 12.4. The van der Waals surface area contributed by atoms with Crippen LogP contribution in [-0.2, 0) is 4.74 Å². The number of hydrogen-bond acceptors (Lipinski definition) is 7. The summed E-state index contributed by atoms with van der Waals surface area (Å²) in [7, 11) is 0. The van der Waals surface area contributed by atoms with E-state index in [1.54, 1.807) is 55.5 Å². The van der Waals surface area contributed by atoms with Gasteiger partial charge < -0.3 is 15.4 Å². The molecular formula is C23H17N5O4S. The van der Waals surface area contributed by atoms with Gasteiger partial charge in [-0.25, -0.2) is 24.5 Å². The number of nitrogens with zero attached hydrogens (tertiary/aromatic N) is 3. The fourth-order valence-corrected chi connectivity index (χ4v) is 4.52. The lowest BCUT2D eigenvalue weighted by Crippen LogP contribution is -2.34. The van der Waals surface area contributed by atoms with Crippen molar-refractivity contribution in [3.8, 4) is 0 Å². The van der Waals surface area contributed by atoms with Crippen molar-refractivity contribution in [2.75, 3.05) is 22.1 Å². The second kappa shape index (κ2) is 8.32. The number of nitrogens with one attached hydrogen (secondary N) is 2. The van der Waals surface area contributed by atoms with Crippen molar-refractivity contribution < 1.29 is 19.1 Å². The van der Waals surface area contributed by atoms with Crippen LogP contribution in [0, 0.1) is 0 Å². The molecule has 33 heavy (non-hydrogen) atoms. The highest BCUT2D eigenvalue weighted by molar-refractivity contribution is 7.21. The van der Waals surface area contributed by atoms with Gasteiger partial charge in [0.25, 0.3) is 5.91 Å². The largest absolute Gasteiger partial charge is 0.462 e. The molecule has 2 N–H and O–H groups in total. The minimum atomic E-state index is -0.520. The van der Waals surface area contributed by atoms with Crippen molar-refractivity contribution in [2.24, 2.45) is 0 Å². The molecule has 5 rings (SSSR count). The van der Waals surface area contributed by atoms with Crippen LogP contribution in [-0.4, -0.2) is 34.5 Å². The van der Waals surface area contributed by atoms with Gasteiger partial charge in [-0.05, 0) is 43.3 Å². The molecule has 0 bridgehead atoms. The van der Waals surface area contributed by atoms with Crippen LogP contribution >= 0.6 is 11.3 Å². The minimum Gasteiger partial charge on any atom is -0.462 e. The number of carbonyl (C=O) groups excluding carboxylic acids is 3. The first kappa shape index (κ1) is 20.6. The summed E-state index contributed by atoms with van der Waals surface area (Å²) >= 11 is 1.14. The van der Waals surface area contributed by atoms with E-state index in [2.05, 4.69) is 20.6 Å². The predicted octanol–water partition coefficient (Wildman–Crippen LogP) is 4.80. The van der Waals surface area contributed by atoms with Gasteiger partial charge in [0.15, 0.2) is 5.82 Å². The molecule has 3 amide bonds. The Balaban J connectivity index is 1.47. The molecule has 4 aromatic rings. The molecule has 1 aliphatic heterocycles. The third-order valence-corrected chi connectivity index (χ3v) is 6.07. The molecule has 0 atom stereocenters. The Bertz CT molecular complexity index is 1390. The van der Waals surface area contributed by atoms with Gasteiger partial charge in [0, 0.05) is 11.3 Å². The van der Waals surface area contributed by atoms with Crippen LogP contribution in [0.4, 0.5) is 27.7 Å². The van der Waals surface area contributed by atoms with E-state index in [0.29, 0.717) is 38.7 Å². The Labute approximate surface area is 192 Å². The minimum absolute atomic E-state index is 0.221. The van der Waals surface area contributed by atoms with E-state index in [4.69, 9.17) is 4.74 Å². The number of amides is 3. The van der Waals surface area contributed by atoms with Crippen LogP contribution in [0.15, 0.2) is 60.9 Å². The molecule has 0 fully saturated rings. The first-order chi connectivity index (χ1) is 16.1. The number of esters is 1. The monoisotopic (exact) mass is 459 g/mol. The third-order valence-electron chi connectivity index (χ3n) is 5.00. The van der Waals surface area contributed by atoms with E-state index in [9.17, 15) is 14.4 Å². The zero-order valence-electron chi connectivity index (χ0n) is 17.4. The van der Waals surface area contributed by atoms with Crippen LogP contribution in [0.25, 0.3) is 10.2 Å². The summed E-state index contributed by atoms with van der Waals surface area (Å²) in [5.41, 5.74) is 2.03. The third kappa shape index (κ3) is 3.66. The van der Waals surface area contributed by atoms with E-state index in [-0.39, 0.29) is 17.4 Å². The molecule has 0 saturated heterocycles. The van der Waals surface area contributed by atoms with E-state index < -0.39 is 12.0 Å². The van der Waals surface area contributed by atoms with Gasteiger partial charge in [0.2, 0.25) is 0 Å². The zero-order chi connectivity index (χ0) is 22.9. The molecule has 1 aliphatic rings. The Hall–Kier alpha value is -4.31. The maximum absolute atomic E-state index is 13.0. The first-order valence-corrected chi connectivity index (χ1v) is 10.9. The van der Waals surface area contributed by atoms with E-state index in [1.165, 1.54) is 11.2 Å². The molecule has 0 saturated carbocycles. The lowest BCUT2D eigenvalue weighted by atomic mass is 10.2. The second-order valence-electron chi connectivity index (χ2n) is 7.04. The molecular weight excluding hydrogens is 442 g/mol. The maximum Gasteiger partial charge on any atom is 0.350 e. The summed E-state index contributed by atoms with van der Waals surface area (Å²) in [6, 6.07) is 15.2. The second-order valence-corrected chi connectivity index (χ2v) is 8.04. The number of ether oxygens (including phenoxy) is 1. The van der Waals surface area contributed by atoms with Crippen LogP contribution in [0.2, 0.25) is 0 Å². The van der Waals surface area contributed by atoms with Gasteiger partial charge >= 0.3 is 12.0 Å². The summed E-state index contributed by atoms with van der Waals surface area (Å²) in [6.45, 7) is 1.94. The van der Waals surface area contributed by atoms with Gasteiger partial charge in [-0.15, -0.1) is 11.3 Å². The summed E-state index contributed by atoms with van der Waals surface area (Å²) in [6.07, 6.45) is 1.35. The molecule has 0 radical (unpaired) electrons. The van der Waals surface area contributed by atoms with E-state index in [0.717, 1.165) is 11.3 Å². The van der Waals surface area contributed by atoms with Crippen molar-refractivity contribution in [3.05, 3.63) is 71.4 Å². The number of benzene rings is 2. The lowest BCUT2D eigenvalue weighted by Gasteiger charge is -2.27. The zero-order valence-corrected chi connectivity index (χ0v) is 18.2. The average molecular weight is 459 g/mol. The Morgan fingerprint density at radius 3 is 2.58 bits per heavy atom. The van der Waals surface area contributed by atoms with Crippen LogP contribution in [0.5, 0.6) is 0 Å². The molecule has 0 unspecified atom stereocenters. The molecule has 3 heterocycles. The van der Waals surface area contributed by atoms with Crippen LogP contribution in [0.3, 0.4) is 0 Å². The van der Waals surface area contributed by atoms with Gasteiger partial charge in [-0.1, -0.05) is 18.2 Å². The van der Waals surface area contributed by atoms with Gasteiger partial charge in [-0.3, -0.25) is 4.79 Å². The van der Waals surface area contributed by atoms with Gasteiger partial charge in [0.1, 0.15) is 16.0 Å². The summed E-state index contributed by atoms with van der Waals surface area (Å²) in [4.78, 5) is 48.6. The van der Waals surface area contributed by atoms with E-state index in [1.807, 2.05) is 6.07 Å². The molecule has 2 aromatic heterocycles. The van der Waals surface area contributed by atoms with Crippen LogP contribution < -0.4 is 15.5 Å². The number of anilines is 4. The standard InChI is InChI=1S/C23H17N5O4S/c1-2-32-22(30)18-17-16-19(24-12-25-21(16)33-18)28(23(31)27-17)15-10-8-14(9-11-15)26-20(29)13-6-4-3-5-7-13/h3-12H,2H2,1H3,(H,26,29)(H,27,31). The first-order valence-electron chi connectivity index (χ1n) is 10.1. The topological polar surface area (TPSA) is 114 Å². The highest BCUT2D eigenvalue weighted by Gasteiger charge is 2.34. The van der Waals surface area contributed by atoms with Crippen LogP contribution in [0.1, 0.15) is 27.0 Å². The Morgan fingerprint density at radius 2 is 1.85 bits per heavy atom. The molecule has 10 heteroatoms. The SMILES string of the molecule is CCOC(=O)c1sc2ncnc3c2c1NC(=O)N3c1ccc(NC(=O)c2ccccc2)cc1. The molecule has 0 spiro atoms. The molecule has 2 aromatic carbocycles. The average Bonchev–Trinajstić information content (AvgIpc) is 3.20. The van der Waals surface area contributed by atoms with Gasteiger partial charge in [-0.2, -0.15) is 0 Å². The maximum atomic E-state index is 13.0. The van der Waals surface area contributed by atoms with E-state index >= 15 is 0 Å². The molecule has 0 aliphatic carbocycles. The van der Waals surface area contributed by atoms with Crippen molar-refractivity contribution in [3.63, 3.8) is 0 Å². The molecule has 9 nitrogen and oxygen atoms in total. The summed E-state index contributed by atoms with van der Waals surface area (Å²) in [5.74, 6) is -0.383. The molecule has 164 valence electrons. The number of hydrogen-bond donors (Lipinski definition) is 2. The number of urea groups is 1. The smallest absolute Gasteiger partial charge is 0.350 e.